The fraction of sp³-hybridized carbons (Fsp3) is 0.581. The Hall–Kier alpha value is -2.74. The highest BCUT2D eigenvalue weighted by atomic mass is 32.2. The van der Waals surface area contributed by atoms with Gasteiger partial charge in [0.25, 0.3) is 5.91 Å². The van der Waals surface area contributed by atoms with Gasteiger partial charge in [0.05, 0.1) is 25.7 Å². The van der Waals surface area contributed by atoms with Gasteiger partial charge in [-0.2, -0.15) is 0 Å². The first-order chi connectivity index (χ1) is 18.9. The summed E-state index contributed by atoms with van der Waals surface area (Å²) >= 11 is 0. The van der Waals surface area contributed by atoms with Gasteiger partial charge in [0.2, 0.25) is 10.0 Å². The van der Waals surface area contributed by atoms with E-state index in [0.717, 1.165) is 12.8 Å². The smallest absolute Gasteiger partial charge is 0.255 e. The molecule has 2 aromatic rings. The molecule has 2 aromatic carbocycles. The van der Waals surface area contributed by atoms with E-state index in [1.807, 2.05) is 0 Å². The maximum Gasteiger partial charge on any atom is 0.255 e. The molecule has 8 heteroatoms. The number of rotatable bonds is 21. The minimum absolute atomic E-state index is 0.0719. The van der Waals surface area contributed by atoms with Gasteiger partial charge in [0, 0.05) is 17.3 Å². The van der Waals surface area contributed by atoms with E-state index < -0.39 is 10.0 Å². The zero-order chi connectivity index (χ0) is 28.3. The topological polar surface area (TPSA) is 93.7 Å². The summed E-state index contributed by atoms with van der Waals surface area (Å²) in [5, 5.41) is 2.80. The molecule has 0 atom stereocenters. The van der Waals surface area contributed by atoms with Crippen molar-refractivity contribution in [2.24, 2.45) is 0 Å². The number of sulfonamides is 1. The van der Waals surface area contributed by atoms with Crippen LogP contribution in [0.2, 0.25) is 0 Å². The van der Waals surface area contributed by atoms with Crippen molar-refractivity contribution in [2.45, 2.75) is 96.8 Å². The molecule has 2 rings (SSSR count). The summed E-state index contributed by atoms with van der Waals surface area (Å²) in [5.41, 5.74) is 1.16. The van der Waals surface area contributed by atoms with Crippen LogP contribution >= 0.6 is 0 Å². The summed E-state index contributed by atoms with van der Waals surface area (Å²) in [6.07, 6.45) is 17.1. The zero-order valence-electron chi connectivity index (χ0n) is 24.1. The summed E-state index contributed by atoms with van der Waals surface area (Å²) in [7, 11) is -0.428. The molecular formula is C31H48N2O5S. The number of nitrogens with one attached hydrogen (secondary N) is 2. The molecule has 0 aliphatic carbocycles. The van der Waals surface area contributed by atoms with Crippen LogP contribution in [0.3, 0.4) is 0 Å². The molecule has 0 fully saturated rings. The second kappa shape index (κ2) is 18.5. The Labute approximate surface area is 236 Å². The molecule has 0 aliphatic rings. The van der Waals surface area contributed by atoms with Crippen LogP contribution in [-0.4, -0.2) is 34.3 Å². The maximum atomic E-state index is 12.8. The number of hydrogen-bond donors (Lipinski definition) is 2. The lowest BCUT2D eigenvalue weighted by Crippen LogP contribution is -2.18. The number of hydrogen-bond acceptors (Lipinski definition) is 5. The van der Waals surface area contributed by atoms with Gasteiger partial charge in [-0.1, -0.05) is 96.5 Å². The van der Waals surface area contributed by atoms with Crippen LogP contribution in [0.4, 0.5) is 11.4 Å². The van der Waals surface area contributed by atoms with Crippen molar-refractivity contribution in [3.63, 3.8) is 0 Å². The molecule has 0 saturated heterocycles. The van der Waals surface area contributed by atoms with Crippen molar-refractivity contribution in [1.82, 2.24) is 0 Å². The van der Waals surface area contributed by atoms with Gasteiger partial charge in [-0.3, -0.25) is 9.52 Å². The quantitative estimate of drug-likeness (QED) is 0.150. The molecule has 0 aromatic heterocycles. The first-order valence-electron chi connectivity index (χ1n) is 14.5. The Morgan fingerprint density at radius 1 is 0.744 bits per heavy atom. The van der Waals surface area contributed by atoms with E-state index in [2.05, 4.69) is 17.0 Å². The van der Waals surface area contributed by atoms with Crippen molar-refractivity contribution in [1.29, 1.82) is 0 Å². The van der Waals surface area contributed by atoms with E-state index in [1.54, 1.807) is 43.5 Å². The predicted octanol–water partition coefficient (Wildman–Crippen LogP) is 8.18. The summed E-state index contributed by atoms with van der Waals surface area (Å²) in [6.45, 7) is 2.25. The van der Waals surface area contributed by atoms with Crippen molar-refractivity contribution in [3.8, 4) is 11.5 Å². The van der Waals surface area contributed by atoms with Crippen molar-refractivity contribution in [2.75, 3.05) is 30.0 Å². The third kappa shape index (κ3) is 13.2. The number of ether oxygens (including phenoxy) is 2. The normalized spacial score (nSPS) is 11.3. The van der Waals surface area contributed by atoms with E-state index in [9.17, 15) is 13.2 Å². The third-order valence-electron chi connectivity index (χ3n) is 6.82. The molecule has 0 bridgehead atoms. The Morgan fingerprint density at radius 2 is 1.33 bits per heavy atom. The lowest BCUT2D eigenvalue weighted by atomic mass is 10.0. The highest BCUT2D eigenvalue weighted by Crippen LogP contribution is 2.29. The summed E-state index contributed by atoms with van der Waals surface area (Å²) in [5.74, 6) is 0.766. The van der Waals surface area contributed by atoms with Gasteiger partial charge in [0.15, 0.2) is 0 Å². The number of benzene rings is 2. The van der Waals surface area contributed by atoms with Crippen LogP contribution in [0.5, 0.6) is 11.5 Å². The van der Waals surface area contributed by atoms with E-state index in [4.69, 9.17) is 9.47 Å². The lowest BCUT2D eigenvalue weighted by Gasteiger charge is -2.13. The summed E-state index contributed by atoms with van der Waals surface area (Å²) < 4.78 is 38.4. The number of carbonyl (C=O) groups is 1. The van der Waals surface area contributed by atoms with Crippen LogP contribution in [0.1, 0.15) is 107 Å². The first kappa shape index (κ1) is 32.5. The number of anilines is 2. The Morgan fingerprint density at radius 3 is 1.90 bits per heavy atom. The lowest BCUT2D eigenvalue weighted by molar-refractivity contribution is 0.102. The molecule has 1 amide bonds. The molecule has 0 aliphatic heterocycles. The fourth-order valence-electron chi connectivity index (χ4n) is 4.55. The second-order valence-electron chi connectivity index (χ2n) is 10.1. The minimum atomic E-state index is -3.49. The number of carbonyl (C=O) groups excluding carboxylic acids is 1. The van der Waals surface area contributed by atoms with Gasteiger partial charge in [0.1, 0.15) is 11.5 Å². The molecule has 7 nitrogen and oxygen atoms in total. The molecule has 0 saturated carbocycles. The predicted molar refractivity (Wildman–Crippen MR) is 162 cm³/mol. The molecule has 0 spiro atoms. The van der Waals surface area contributed by atoms with E-state index in [0.29, 0.717) is 34.9 Å². The molecule has 0 heterocycles. The third-order valence-corrected chi connectivity index (χ3v) is 8.19. The van der Waals surface area contributed by atoms with Gasteiger partial charge >= 0.3 is 0 Å². The number of unbranched alkanes of at least 4 members (excludes halogenated alkanes) is 13. The largest absolute Gasteiger partial charge is 0.497 e. The fourth-order valence-corrected chi connectivity index (χ4v) is 5.72. The highest BCUT2D eigenvalue weighted by molar-refractivity contribution is 7.92. The monoisotopic (exact) mass is 560 g/mol. The molecule has 218 valence electrons. The van der Waals surface area contributed by atoms with Gasteiger partial charge in [-0.15, -0.1) is 0 Å². The van der Waals surface area contributed by atoms with Gasteiger partial charge < -0.3 is 14.8 Å². The van der Waals surface area contributed by atoms with Crippen LogP contribution in [-0.2, 0) is 10.0 Å². The first-order valence-corrected chi connectivity index (χ1v) is 16.2. The van der Waals surface area contributed by atoms with Crippen molar-refractivity contribution in [3.05, 3.63) is 48.0 Å². The average Bonchev–Trinajstić information content (AvgIpc) is 2.93. The Bertz CT molecular complexity index is 1090. The van der Waals surface area contributed by atoms with Crippen LogP contribution in [0.15, 0.2) is 42.5 Å². The summed E-state index contributed by atoms with van der Waals surface area (Å²) in [4.78, 5) is 12.8. The standard InChI is InChI=1S/C31H48N2O5S/c1-4-5-6-7-8-9-10-11-12-13-14-15-16-17-23-39(35,36)33-27-20-18-19-26(24-27)31(34)32-29-25-28(37-2)21-22-30(29)38-3/h18-22,24-25,33H,4-17,23H2,1-3H3,(H,32,34). The Balaban J connectivity index is 1.68. The van der Waals surface area contributed by atoms with E-state index >= 15 is 0 Å². The van der Waals surface area contributed by atoms with Crippen molar-refractivity contribution >= 4 is 27.3 Å². The minimum Gasteiger partial charge on any atom is -0.497 e. The Kier molecular flexibility index (Phi) is 15.4. The van der Waals surface area contributed by atoms with Crippen molar-refractivity contribution < 1.29 is 22.7 Å². The molecule has 0 radical (unpaired) electrons. The molecule has 39 heavy (non-hydrogen) atoms. The molecule has 2 N–H and O–H groups in total. The van der Waals surface area contributed by atoms with E-state index in [-0.39, 0.29) is 11.7 Å². The average molecular weight is 561 g/mol. The SMILES string of the molecule is CCCCCCCCCCCCCCCCS(=O)(=O)Nc1cccc(C(=O)Nc2cc(OC)ccc2OC)c1. The number of methoxy groups -OCH3 is 2. The molecule has 0 unspecified atom stereocenters. The van der Waals surface area contributed by atoms with Crippen LogP contribution in [0, 0.1) is 0 Å². The van der Waals surface area contributed by atoms with E-state index in [1.165, 1.54) is 83.8 Å². The second-order valence-corrected chi connectivity index (χ2v) is 12.0. The van der Waals surface area contributed by atoms with Crippen LogP contribution in [0.25, 0.3) is 0 Å². The van der Waals surface area contributed by atoms with Gasteiger partial charge in [-0.25, -0.2) is 8.42 Å². The maximum absolute atomic E-state index is 12.8. The highest BCUT2D eigenvalue weighted by Gasteiger charge is 2.14. The molecular weight excluding hydrogens is 512 g/mol. The van der Waals surface area contributed by atoms with Gasteiger partial charge in [-0.05, 0) is 36.8 Å². The summed E-state index contributed by atoms with van der Waals surface area (Å²) in [6, 6.07) is 11.6. The number of amides is 1. The van der Waals surface area contributed by atoms with Crippen LogP contribution < -0.4 is 19.5 Å². The zero-order valence-corrected chi connectivity index (χ0v) is 24.9.